The van der Waals surface area contributed by atoms with Crippen molar-refractivity contribution in [3.63, 3.8) is 0 Å². The van der Waals surface area contributed by atoms with Crippen LogP contribution in [0.4, 0.5) is 0 Å². The highest BCUT2D eigenvalue weighted by Gasteiger charge is 2.29. The minimum Gasteiger partial charge on any atom is -0.495 e. The van der Waals surface area contributed by atoms with E-state index in [1.807, 2.05) is 6.92 Å². The molecule has 0 radical (unpaired) electrons. The largest absolute Gasteiger partial charge is 0.495 e. The number of nitrogens with one attached hydrogen (secondary N) is 2. The molecule has 0 aliphatic heterocycles. The van der Waals surface area contributed by atoms with E-state index in [-0.39, 0.29) is 22.6 Å². The van der Waals surface area contributed by atoms with E-state index in [1.54, 1.807) is 6.07 Å². The Balaban J connectivity index is 2.29. The Morgan fingerprint density at radius 2 is 2.00 bits per heavy atom. The number of benzene rings is 1. The summed E-state index contributed by atoms with van der Waals surface area (Å²) < 4.78 is 33.8. The number of sulfonamides is 1. The Bertz CT molecular complexity index is 703. The van der Waals surface area contributed by atoms with Crippen molar-refractivity contribution in [2.24, 2.45) is 5.92 Å². The van der Waals surface area contributed by atoms with Crippen molar-refractivity contribution in [2.75, 3.05) is 13.7 Å². The van der Waals surface area contributed by atoms with Crippen LogP contribution in [0.3, 0.4) is 0 Å². The van der Waals surface area contributed by atoms with Crippen molar-refractivity contribution >= 4 is 15.9 Å². The molecule has 1 aromatic rings. The molecule has 2 atom stereocenters. The van der Waals surface area contributed by atoms with Crippen LogP contribution < -0.4 is 14.8 Å². The zero-order valence-corrected chi connectivity index (χ0v) is 16.0. The van der Waals surface area contributed by atoms with E-state index in [0.29, 0.717) is 18.0 Å². The second-order valence-corrected chi connectivity index (χ2v) is 8.29. The van der Waals surface area contributed by atoms with Gasteiger partial charge in [0.15, 0.2) is 0 Å². The molecule has 25 heavy (non-hydrogen) atoms. The van der Waals surface area contributed by atoms with Gasteiger partial charge in [-0.05, 0) is 43.4 Å². The molecule has 7 heteroatoms. The van der Waals surface area contributed by atoms with Crippen molar-refractivity contribution in [3.8, 4) is 5.75 Å². The van der Waals surface area contributed by atoms with Crippen LogP contribution in [0.2, 0.25) is 0 Å². The maximum atomic E-state index is 12.9. The summed E-state index contributed by atoms with van der Waals surface area (Å²) >= 11 is 0. The molecule has 0 bridgehead atoms. The molecule has 1 fully saturated rings. The van der Waals surface area contributed by atoms with Crippen molar-refractivity contribution in [2.45, 2.75) is 56.9 Å². The lowest BCUT2D eigenvalue weighted by molar-refractivity contribution is 0.0953. The van der Waals surface area contributed by atoms with Gasteiger partial charge in [-0.1, -0.05) is 26.7 Å². The molecule has 2 unspecified atom stereocenters. The van der Waals surface area contributed by atoms with Gasteiger partial charge in [-0.15, -0.1) is 0 Å². The molecule has 0 aromatic heterocycles. The number of amides is 1. The predicted octanol–water partition coefficient (Wildman–Crippen LogP) is 2.69. The summed E-state index contributed by atoms with van der Waals surface area (Å²) in [5, 5.41) is 2.76. The first-order valence-electron chi connectivity index (χ1n) is 8.87. The molecule has 6 nitrogen and oxygen atoms in total. The number of hydrogen-bond donors (Lipinski definition) is 2. The molecule has 140 valence electrons. The lowest BCUT2D eigenvalue weighted by Gasteiger charge is -2.29. The Morgan fingerprint density at radius 1 is 1.28 bits per heavy atom. The van der Waals surface area contributed by atoms with E-state index in [9.17, 15) is 13.2 Å². The van der Waals surface area contributed by atoms with Crippen LogP contribution in [-0.4, -0.2) is 34.0 Å². The Hall–Kier alpha value is -1.60. The topological polar surface area (TPSA) is 84.5 Å². The summed E-state index contributed by atoms with van der Waals surface area (Å²) in [6.45, 7) is 4.57. The van der Waals surface area contributed by atoms with Gasteiger partial charge in [-0.2, -0.15) is 0 Å². The van der Waals surface area contributed by atoms with Gasteiger partial charge >= 0.3 is 0 Å². The second kappa shape index (κ2) is 8.67. The lowest BCUT2D eigenvalue weighted by atomic mass is 9.87. The third-order valence-electron chi connectivity index (χ3n) is 4.67. The first-order chi connectivity index (χ1) is 11.9. The van der Waals surface area contributed by atoms with Gasteiger partial charge in [0.25, 0.3) is 5.91 Å². The highest BCUT2D eigenvalue weighted by molar-refractivity contribution is 7.89. The van der Waals surface area contributed by atoms with E-state index in [0.717, 1.165) is 32.1 Å². The first-order valence-corrected chi connectivity index (χ1v) is 10.4. The Kier molecular flexibility index (Phi) is 6.84. The number of hydrogen-bond acceptors (Lipinski definition) is 4. The predicted molar refractivity (Wildman–Crippen MR) is 97.4 cm³/mol. The fourth-order valence-electron chi connectivity index (χ4n) is 3.12. The van der Waals surface area contributed by atoms with Gasteiger partial charge in [-0.25, -0.2) is 13.1 Å². The standard InChI is InChI=1S/C18H28N2O4S/c1-4-11-19-18(21)14-9-10-16(24-3)17(12-14)25(22,23)20-15-8-6-5-7-13(15)2/h9-10,12-13,15,20H,4-8,11H2,1-3H3,(H,19,21). The normalized spacial score (nSPS) is 20.9. The highest BCUT2D eigenvalue weighted by Crippen LogP contribution is 2.29. The molecule has 0 heterocycles. The molecule has 0 spiro atoms. The summed E-state index contributed by atoms with van der Waals surface area (Å²) in [4.78, 5) is 12.2. The van der Waals surface area contributed by atoms with Gasteiger partial charge in [0.05, 0.1) is 7.11 Å². The highest BCUT2D eigenvalue weighted by atomic mass is 32.2. The molecule has 1 aromatic carbocycles. The smallest absolute Gasteiger partial charge is 0.251 e. The van der Waals surface area contributed by atoms with E-state index in [4.69, 9.17) is 4.74 Å². The zero-order valence-electron chi connectivity index (χ0n) is 15.2. The molecule has 1 saturated carbocycles. The Morgan fingerprint density at radius 3 is 2.64 bits per heavy atom. The van der Waals surface area contributed by atoms with E-state index >= 15 is 0 Å². The third-order valence-corrected chi connectivity index (χ3v) is 6.18. The summed E-state index contributed by atoms with van der Waals surface area (Å²) in [5.41, 5.74) is 0.311. The van der Waals surface area contributed by atoms with E-state index in [1.165, 1.54) is 19.2 Å². The molecule has 2 N–H and O–H groups in total. The summed E-state index contributed by atoms with van der Waals surface area (Å²) in [6.07, 6.45) is 4.82. The van der Waals surface area contributed by atoms with Crippen molar-refractivity contribution < 1.29 is 17.9 Å². The number of carbonyl (C=O) groups is 1. The number of rotatable bonds is 7. The Labute approximate surface area is 150 Å². The molecular weight excluding hydrogens is 340 g/mol. The molecule has 2 rings (SSSR count). The molecule has 1 aliphatic carbocycles. The van der Waals surface area contributed by atoms with Crippen LogP contribution in [0.15, 0.2) is 23.1 Å². The zero-order chi connectivity index (χ0) is 18.4. The van der Waals surface area contributed by atoms with E-state index < -0.39 is 10.0 Å². The molecule has 1 amide bonds. The fourth-order valence-corrected chi connectivity index (χ4v) is 4.70. The minimum atomic E-state index is -3.77. The van der Waals surface area contributed by atoms with Crippen LogP contribution in [0.25, 0.3) is 0 Å². The number of ether oxygens (including phenoxy) is 1. The third kappa shape index (κ3) is 4.95. The van der Waals surface area contributed by atoms with Crippen molar-refractivity contribution in [1.82, 2.24) is 10.0 Å². The van der Waals surface area contributed by atoms with Crippen molar-refractivity contribution in [1.29, 1.82) is 0 Å². The average molecular weight is 368 g/mol. The maximum Gasteiger partial charge on any atom is 0.251 e. The number of methoxy groups -OCH3 is 1. The fraction of sp³-hybridized carbons (Fsp3) is 0.611. The van der Waals surface area contributed by atoms with Gasteiger partial charge in [0.1, 0.15) is 10.6 Å². The van der Waals surface area contributed by atoms with Gasteiger partial charge in [0.2, 0.25) is 10.0 Å². The second-order valence-electron chi connectivity index (χ2n) is 6.61. The van der Waals surface area contributed by atoms with Gasteiger partial charge < -0.3 is 10.1 Å². The van der Waals surface area contributed by atoms with Crippen LogP contribution >= 0.6 is 0 Å². The summed E-state index contributed by atoms with van der Waals surface area (Å²) in [6, 6.07) is 4.41. The number of carbonyl (C=O) groups excluding carboxylic acids is 1. The monoisotopic (exact) mass is 368 g/mol. The van der Waals surface area contributed by atoms with Crippen LogP contribution in [0, 0.1) is 5.92 Å². The van der Waals surface area contributed by atoms with Crippen molar-refractivity contribution in [3.05, 3.63) is 23.8 Å². The average Bonchev–Trinajstić information content (AvgIpc) is 2.61. The van der Waals surface area contributed by atoms with Crippen LogP contribution in [0.5, 0.6) is 5.75 Å². The van der Waals surface area contributed by atoms with E-state index in [2.05, 4.69) is 17.0 Å². The summed E-state index contributed by atoms with van der Waals surface area (Å²) in [5.74, 6) is 0.251. The lowest BCUT2D eigenvalue weighted by Crippen LogP contribution is -2.41. The van der Waals surface area contributed by atoms with Gasteiger partial charge in [0, 0.05) is 18.2 Å². The quantitative estimate of drug-likeness (QED) is 0.775. The SMILES string of the molecule is CCCNC(=O)c1ccc(OC)c(S(=O)(=O)NC2CCCCC2C)c1. The van der Waals surface area contributed by atoms with Crippen LogP contribution in [-0.2, 0) is 10.0 Å². The van der Waals surface area contributed by atoms with Crippen LogP contribution in [0.1, 0.15) is 56.3 Å². The summed E-state index contributed by atoms with van der Waals surface area (Å²) in [7, 11) is -2.34. The minimum absolute atomic E-state index is 0.0110. The first kappa shape index (κ1) is 19.7. The molecular formula is C18H28N2O4S. The molecule has 1 aliphatic rings. The molecule has 0 saturated heterocycles. The van der Waals surface area contributed by atoms with Gasteiger partial charge in [-0.3, -0.25) is 4.79 Å². The maximum absolute atomic E-state index is 12.9.